The zero-order valence-corrected chi connectivity index (χ0v) is 13.0. The standard InChI is InChI=1S/C14H20N2OS2/c1-10-8-12(19-13(10)4-3-7-17)6-5-11-9-18-14(15-2)16-11/h8-9,17H,3-7H2,1-2H3,(H,15,16). The van der Waals surface area contributed by atoms with E-state index in [-0.39, 0.29) is 6.61 Å². The molecule has 5 heteroatoms. The average molecular weight is 296 g/mol. The van der Waals surface area contributed by atoms with Crippen molar-refractivity contribution in [1.29, 1.82) is 0 Å². The fourth-order valence-electron chi connectivity index (χ4n) is 1.99. The average Bonchev–Trinajstić information content (AvgIpc) is 3.00. The highest BCUT2D eigenvalue weighted by atomic mass is 32.1. The molecular weight excluding hydrogens is 276 g/mol. The van der Waals surface area contributed by atoms with Gasteiger partial charge in [0.2, 0.25) is 0 Å². The van der Waals surface area contributed by atoms with Crippen LogP contribution in [0.5, 0.6) is 0 Å². The number of thiophene rings is 1. The molecule has 0 saturated carbocycles. The number of thiazole rings is 1. The summed E-state index contributed by atoms with van der Waals surface area (Å²) in [5.41, 5.74) is 2.53. The van der Waals surface area contributed by atoms with E-state index in [2.05, 4.69) is 28.7 Å². The van der Waals surface area contributed by atoms with Crippen molar-refractivity contribution in [2.45, 2.75) is 32.6 Å². The molecule has 0 aromatic carbocycles. The second kappa shape index (κ2) is 7.03. The van der Waals surface area contributed by atoms with Crippen LogP contribution in [0.2, 0.25) is 0 Å². The highest BCUT2D eigenvalue weighted by Gasteiger charge is 2.07. The molecule has 0 saturated heterocycles. The van der Waals surface area contributed by atoms with Gasteiger partial charge in [-0.3, -0.25) is 0 Å². The molecule has 2 heterocycles. The predicted molar refractivity (Wildman–Crippen MR) is 83.5 cm³/mol. The minimum Gasteiger partial charge on any atom is -0.396 e. The molecule has 2 rings (SSSR count). The first-order valence-corrected chi connectivity index (χ1v) is 8.23. The van der Waals surface area contributed by atoms with Crippen molar-refractivity contribution in [3.05, 3.63) is 32.5 Å². The van der Waals surface area contributed by atoms with E-state index in [9.17, 15) is 0 Å². The van der Waals surface area contributed by atoms with Crippen molar-refractivity contribution in [2.75, 3.05) is 19.0 Å². The van der Waals surface area contributed by atoms with Crippen LogP contribution in [0.4, 0.5) is 5.13 Å². The van der Waals surface area contributed by atoms with Crippen molar-refractivity contribution in [3.8, 4) is 0 Å². The molecule has 0 spiro atoms. The van der Waals surface area contributed by atoms with Crippen LogP contribution >= 0.6 is 22.7 Å². The van der Waals surface area contributed by atoms with E-state index in [0.717, 1.165) is 36.5 Å². The number of hydrogen-bond acceptors (Lipinski definition) is 5. The third-order valence-corrected chi connectivity index (χ3v) is 5.29. The van der Waals surface area contributed by atoms with Gasteiger partial charge in [0.15, 0.2) is 5.13 Å². The summed E-state index contributed by atoms with van der Waals surface area (Å²) in [5, 5.41) is 15.1. The van der Waals surface area contributed by atoms with Gasteiger partial charge in [0.25, 0.3) is 0 Å². The van der Waals surface area contributed by atoms with Crippen molar-refractivity contribution >= 4 is 27.8 Å². The van der Waals surface area contributed by atoms with E-state index in [1.165, 1.54) is 15.3 Å². The molecule has 0 aliphatic rings. The molecule has 104 valence electrons. The Balaban J connectivity index is 1.92. The van der Waals surface area contributed by atoms with E-state index in [1.54, 1.807) is 11.3 Å². The molecule has 2 aromatic heterocycles. The van der Waals surface area contributed by atoms with Gasteiger partial charge in [-0.2, -0.15) is 0 Å². The largest absolute Gasteiger partial charge is 0.396 e. The van der Waals surface area contributed by atoms with E-state index >= 15 is 0 Å². The summed E-state index contributed by atoms with van der Waals surface area (Å²) in [5.74, 6) is 0. The number of rotatable bonds is 7. The number of nitrogens with one attached hydrogen (secondary N) is 1. The van der Waals surface area contributed by atoms with Crippen LogP contribution in [-0.4, -0.2) is 23.7 Å². The zero-order valence-electron chi connectivity index (χ0n) is 11.4. The van der Waals surface area contributed by atoms with Crippen LogP contribution in [-0.2, 0) is 19.3 Å². The highest BCUT2D eigenvalue weighted by Crippen LogP contribution is 2.25. The number of hydrogen-bond donors (Lipinski definition) is 2. The maximum Gasteiger partial charge on any atom is 0.182 e. The maximum absolute atomic E-state index is 8.89. The Morgan fingerprint density at radius 2 is 2.16 bits per heavy atom. The maximum atomic E-state index is 8.89. The summed E-state index contributed by atoms with van der Waals surface area (Å²) >= 11 is 3.54. The topological polar surface area (TPSA) is 45.2 Å². The lowest BCUT2D eigenvalue weighted by atomic mass is 10.1. The molecule has 0 amide bonds. The Morgan fingerprint density at radius 3 is 2.84 bits per heavy atom. The van der Waals surface area contributed by atoms with Gasteiger partial charge >= 0.3 is 0 Å². The number of anilines is 1. The SMILES string of the molecule is CNc1nc(CCc2cc(C)c(CCCO)s2)cs1. The van der Waals surface area contributed by atoms with Crippen LogP contribution in [0.1, 0.15) is 27.4 Å². The number of aromatic nitrogens is 1. The summed E-state index contributed by atoms with van der Waals surface area (Å²) in [4.78, 5) is 7.34. The second-order valence-electron chi connectivity index (χ2n) is 4.54. The fraction of sp³-hybridized carbons (Fsp3) is 0.500. The summed E-state index contributed by atoms with van der Waals surface area (Å²) in [6, 6.07) is 2.28. The Morgan fingerprint density at radius 1 is 1.32 bits per heavy atom. The molecule has 3 nitrogen and oxygen atoms in total. The molecule has 0 fully saturated rings. The Hall–Kier alpha value is -0.910. The molecule has 2 aromatic rings. The number of aliphatic hydroxyl groups is 1. The number of aliphatic hydroxyl groups excluding tert-OH is 1. The first-order valence-electron chi connectivity index (χ1n) is 6.54. The van der Waals surface area contributed by atoms with E-state index in [0.29, 0.717) is 0 Å². The molecule has 0 radical (unpaired) electrons. The smallest absolute Gasteiger partial charge is 0.182 e. The van der Waals surface area contributed by atoms with Crippen molar-refractivity contribution in [3.63, 3.8) is 0 Å². The molecule has 2 N–H and O–H groups in total. The minimum atomic E-state index is 0.276. The second-order valence-corrected chi connectivity index (χ2v) is 6.62. The first-order chi connectivity index (χ1) is 9.22. The van der Waals surface area contributed by atoms with Gasteiger partial charge in [0.1, 0.15) is 0 Å². The van der Waals surface area contributed by atoms with E-state index in [1.807, 2.05) is 18.4 Å². The summed E-state index contributed by atoms with van der Waals surface area (Å²) in [6.45, 7) is 2.44. The van der Waals surface area contributed by atoms with Gasteiger partial charge in [-0.05, 0) is 44.2 Å². The molecule has 0 aliphatic carbocycles. The van der Waals surface area contributed by atoms with Crippen molar-refractivity contribution in [2.24, 2.45) is 0 Å². The predicted octanol–water partition coefficient (Wildman–Crippen LogP) is 3.26. The normalized spacial score (nSPS) is 10.9. The number of nitrogens with zero attached hydrogens (tertiary/aromatic N) is 1. The molecular formula is C14H20N2OS2. The quantitative estimate of drug-likeness (QED) is 0.824. The summed E-state index contributed by atoms with van der Waals surface area (Å²) < 4.78 is 0. The van der Waals surface area contributed by atoms with Gasteiger partial charge in [-0.1, -0.05) is 0 Å². The molecule has 19 heavy (non-hydrogen) atoms. The fourth-order valence-corrected chi connectivity index (χ4v) is 3.92. The summed E-state index contributed by atoms with van der Waals surface area (Å²) in [7, 11) is 1.90. The van der Waals surface area contributed by atoms with Crippen LogP contribution < -0.4 is 5.32 Å². The minimum absolute atomic E-state index is 0.276. The lowest BCUT2D eigenvalue weighted by Gasteiger charge is -1.96. The molecule has 0 aliphatic heterocycles. The van der Waals surface area contributed by atoms with Crippen LogP contribution in [0, 0.1) is 6.92 Å². The van der Waals surface area contributed by atoms with Gasteiger partial charge in [0.05, 0.1) is 5.69 Å². The Bertz CT molecular complexity index is 519. The van der Waals surface area contributed by atoms with Gasteiger partial charge in [-0.15, -0.1) is 22.7 Å². The van der Waals surface area contributed by atoms with Gasteiger partial charge < -0.3 is 10.4 Å². The monoisotopic (exact) mass is 296 g/mol. The van der Waals surface area contributed by atoms with Gasteiger partial charge in [0, 0.05) is 28.8 Å². The third-order valence-electron chi connectivity index (χ3n) is 3.03. The lowest BCUT2D eigenvalue weighted by Crippen LogP contribution is -1.91. The Kier molecular flexibility index (Phi) is 5.36. The molecule has 0 unspecified atom stereocenters. The third kappa shape index (κ3) is 4.03. The molecule has 0 bridgehead atoms. The Labute approximate surface area is 122 Å². The van der Waals surface area contributed by atoms with Crippen LogP contribution in [0.15, 0.2) is 11.4 Å². The highest BCUT2D eigenvalue weighted by molar-refractivity contribution is 7.13. The lowest BCUT2D eigenvalue weighted by molar-refractivity contribution is 0.289. The number of aryl methyl sites for hydroxylation is 4. The zero-order chi connectivity index (χ0) is 13.7. The van der Waals surface area contributed by atoms with E-state index < -0.39 is 0 Å². The van der Waals surface area contributed by atoms with Crippen LogP contribution in [0.3, 0.4) is 0 Å². The first kappa shape index (κ1) is 14.5. The van der Waals surface area contributed by atoms with Crippen molar-refractivity contribution < 1.29 is 5.11 Å². The van der Waals surface area contributed by atoms with Crippen LogP contribution in [0.25, 0.3) is 0 Å². The summed E-state index contributed by atoms with van der Waals surface area (Å²) in [6.07, 6.45) is 3.90. The van der Waals surface area contributed by atoms with Crippen molar-refractivity contribution in [1.82, 2.24) is 4.98 Å². The van der Waals surface area contributed by atoms with E-state index in [4.69, 9.17) is 5.11 Å². The van der Waals surface area contributed by atoms with Gasteiger partial charge in [-0.25, -0.2) is 4.98 Å². The molecule has 0 atom stereocenters.